The third-order valence-corrected chi connectivity index (χ3v) is 4.05. The average Bonchev–Trinajstić information content (AvgIpc) is 2.50. The van der Waals surface area contributed by atoms with E-state index in [1.165, 1.54) is 5.56 Å². The van der Waals surface area contributed by atoms with Crippen LogP contribution in [0, 0.1) is 0 Å². The Morgan fingerprint density at radius 1 is 0.952 bits per heavy atom. The van der Waals surface area contributed by atoms with Gasteiger partial charge in [0, 0.05) is 6.42 Å². The molecule has 0 aromatic heterocycles. The Hall–Kier alpha value is -1.22. The van der Waals surface area contributed by atoms with E-state index in [1.807, 2.05) is 54.6 Å². The molecular weight excluding hydrogens is 305 g/mol. The molecule has 4 heteroatoms. The summed E-state index contributed by atoms with van der Waals surface area (Å²) in [6, 6.07) is 17.5. The lowest BCUT2D eigenvalue weighted by molar-refractivity contribution is 0.304. The smallest absolute Gasteiger partial charge is 0.146 e. The summed E-state index contributed by atoms with van der Waals surface area (Å²) < 4.78 is 4.77. The van der Waals surface area contributed by atoms with Crippen molar-refractivity contribution in [1.29, 1.82) is 0 Å². The lowest BCUT2D eigenvalue weighted by Crippen LogP contribution is -2.15. The number of rotatable bonds is 7. The van der Waals surface area contributed by atoms with Gasteiger partial charge in [-0.05, 0) is 36.2 Å². The number of hydrogen-bond acceptors (Lipinski definition) is 2. The largest absolute Gasteiger partial charge is 0.493 e. The van der Waals surface area contributed by atoms with Gasteiger partial charge in [-0.2, -0.15) is 0 Å². The van der Waals surface area contributed by atoms with Crippen molar-refractivity contribution in [1.82, 2.24) is 0 Å². The molecular formula is C17H19Cl2NO. The Kier molecular flexibility index (Phi) is 5.92. The topological polar surface area (TPSA) is 35.2 Å². The van der Waals surface area contributed by atoms with Gasteiger partial charge >= 0.3 is 0 Å². The molecule has 0 bridgehead atoms. The van der Waals surface area contributed by atoms with Gasteiger partial charge in [-0.15, -0.1) is 0 Å². The number of hydrogen-bond donors (Lipinski definition) is 1. The molecule has 0 fully saturated rings. The number of alkyl halides is 2. The normalized spacial score (nSPS) is 11.4. The van der Waals surface area contributed by atoms with Gasteiger partial charge in [0.05, 0.1) is 6.61 Å². The summed E-state index contributed by atoms with van der Waals surface area (Å²) in [5.74, 6) is 0.813. The van der Waals surface area contributed by atoms with E-state index in [0.717, 1.165) is 17.7 Å². The minimum absolute atomic E-state index is 0.456. The SMILES string of the molecule is NCCc1ccc(OCCC(Cl)(Cl)c2ccccc2)cc1. The molecule has 0 spiro atoms. The molecule has 0 atom stereocenters. The summed E-state index contributed by atoms with van der Waals surface area (Å²) in [7, 11) is 0. The van der Waals surface area contributed by atoms with Crippen LogP contribution in [-0.2, 0) is 10.8 Å². The second kappa shape index (κ2) is 7.69. The molecule has 0 aliphatic heterocycles. The van der Waals surface area contributed by atoms with Gasteiger partial charge in [0.25, 0.3) is 0 Å². The van der Waals surface area contributed by atoms with Crippen molar-refractivity contribution in [2.75, 3.05) is 13.2 Å². The Morgan fingerprint density at radius 3 is 2.24 bits per heavy atom. The highest BCUT2D eigenvalue weighted by Crippen LogP contribution is 2.37. The maximum absolute atomic E-state index is 6.37. The van der Waals surface area contributed by atoms with Crippen molar-refractivity contribution in [3.05, 3.63) is 65.7 Å². The fourth-order valence-electron chi connectivity index (χ4n) is 2.04. The third-order valence-electron chi connectivity index (χ3n) is 3.24. The monoisotopic (exact) mass is 323 g/mol. The van der Waals surface area contributed by atoms with Crippen molar-refractivity contribution in [3.8, 4) is 5.75 Å². The van der Waals surface area contributed by atoms with Gasteiger partial charge in [0.15, 0.2) is 0 Å². The zero-order chi connectivity index (χ0) is 15.1. The molecule has 2 aromatic rings. The second-order valence-electron chi connectivity index (χ2n) is 4.85. The Balaban J connectivity index is 1.86. The van der Waals surface area contributed by atoms with Crippen LogP contribution in [0.3, 0.4) is 0 Å². The van der Waals surface area contributed by atoms with Crippen LogP contribution in [0.1, 0.15) is 17.5 Å². The Morgan fingerprint density at radius 2 is 1.62 bits per heavy atom. The fraction of sp³-hybridized carbons (Fsp3) is 0.294. The number of nitrogens with two attached hydrogens (primary N) is 1. The van der Waals surface area contributed by atoms with Crippen LogP contribution in [0.4, 0.5) is 0 Å². The van der Waals surface area contributed by atoms with E-state index in [4.69, 9.17) is 33.7 Å². The quantitative estimate of drug-likeness (QED) is 0.771. The first-order chi connectivity index (χ1) is 10.1. The molecule has 0 saturated carbocycles. The van der Waals surface area contributed by atoms with Crippen molar-refractivity contribution in [3.63, 3.8) is 0 Å². The summed E-state index contributed by atoms with van der Waals surface area (Å²) in [5.41, 5.74) is 7.61. The molecule has 21 heavy (non-hydrogen) atoms. The molecule has 2 nitrogen and oxygen atoms in total. The van der Waals surface area contributed by atoms with Gasteiger partial charge < -0.3 is 10.5 Å². The molecule has 0 aliphatic carbocycles. The van der Waals surface area contributed by atoms with Crippen molar-refractivity contribution in [2.24, 2.45) is 5.73 Å². The van der Waals surface area contributed by atoms with E-state index in [2.05, 4.69) is 0 Å². The van der Waals surface area contributed by atoms with Gasteiger partial charge in [0.2, 0.25) is 0 Å². The summed E-state index contributed by atoms with van der Waals surface area (Å²) in [4.78, 5) is 0. The predicted molar refractivity (Wildman–Crippen MR) is 89.1 cm³/mol. The minimum atomic E-state index is -0.930. The van der Waals surface area contributed by atoms with E-state index in [0.29, 0.717) is 19.6 Å². The number of benzene rings is 2. The lowest BCUT2D eigenvalue weighted by atomic mass is 10.1. The molecule has 0 amide bonds. The van der Waals surface area contributed by atoms with Gasteiger partial charge in [-0.3, -0.25) is 0 Å². The first-order valence-electron chi connectivity index (χ1n) is 6.97. The van der Waals surface area contributed by atoms with E-state index in [9.17, 15) is 0 Å². The van der Waals surface area contributed by atoms with Crippen LogP contribution in [0.2, 0.25) is 0 Å². The van der Waals surface area contributed by atoms with Crippen molar-refractivity contribution in [2.45, 2.75) is 17.2 Å². The zero-order valence-electron chi connectivity index (χ0n) is 11.8. The van der Waals surface area contributed by atoms with E-state index < -0.39 is 4.33 Å². The predicted octanol–water partition coefficient (Wildman–Crippen LogP) is 4.29. The maximum atomic E-state index is 6.37. The molecule has 0 aliphatic rings. The van der Waals surface area contributed by atoms with E-state index in [1.54, 1.807) is 0 Å². The summed E-state index contributed by atoms with van der Waals surface area (Å²) in [6.45, 7) is 1.11. The zero-order valence-corrected chi connectivity index (χ0v) is 13.3. The molecule has 0 unspecified atom stereocenters. The summed E-state index contributed by atoms with van der Waals surface area (Å²) in [6.07, 6.45) is 1.39. The van der Waals surface area contributed by atoms with Crippen LogP contribution in [-0.4, -0.2) is 13.2 Å². The van der Waals surface area contributed by atoms with Crippen LogP contribution >= 0.6 is 23.2 Å². The average molecular weight is 324 g/mol. The van der Waals surface area contributed by atoms with Crippen LogP contribution in [0.25, 0.3) is 0 Å². The highest BCUT2D eigenvalue weighted by atomic mass is 35.5. The van der Waals surface area contributed by atoms with Gasteiger partial charge in [0.1, 0.15) is 10.1 Å². The molecule has 2 N–H and O–H groups in total. The molecule has 0 saturated heterocycles. The Labute approximate surface area is 135 Å². The Bertz CT molecular complexity index is 540. The first kappa shape index (κ1) is 16.2. The molecule has 0 radical (unpaired) electrons. The van der Waals surface area contributed by atoms with Crippen molar-refractivity contribution < 1.29 is 4.74 Å². The maximum Gasteiger partial charge on any atom is 0.146 e. The third kappa shape index (κ3) is 4.92. The second-order valence-corrected chi connectivity index (χ2v) is 6.34. The summed E-state index contributed by atoms with van der Waals surface area (Å²) in [5, 5.41) is 0. The van der Waals surface area contributed by atoms with Crippen LogP contribution in [0.15, 0.2) is 54.6 Å². The number of ether oxygens (including phenoxy) is 1. The molecule has 0 heterocycles. The minimum Gasteiger partial charge on any atom is -0.493 e. The fourth-order valence-corrected chi connectivity index (χ4v) is 2.45. The summed E-state index contributed by atoms with van der Waals surface area (Å²) >= 11 is 12.7. The van der Waals surface area contributed by atoms with Gasteiger partial charge in [-0.1, -0.05) is 65.7 Å². The molecule has 112 valence electrons. The lowest BCUT2D eigenvalue weighted by Gasteiger charge is -2.20. The van der Waals surface area contributed by atoms with Crippen LogP contribution < -0.4 is 10.5 Å². The van der Waals surface area contributed by atoms with Gasteiger partial charge in [-0.25, -0.2) is 0 Å². The standard InChI is InChI=1S/C17H19Cl2NO/c18-17(19,15-4-2-1-3-5-15)11-13-21-16-8-6-14(7-9-16)10-12-20/h1-9H,10-13,20H2. The molecule has 2 rings (SSSR count). The highest BCUT2D eigenvalue weighted by Gasteiger charge is 2.26. The van der Waals surface area contributed by atoms with E-state index >= 15 is 0 Å². The molecule has 2 aromatic carbocycles. The van der Waals surface area contributed by atoms with Crippen LogP contribution in [0.5, 0.6) is 5.75 Å². The first-order valence-corrected chi connectivity index (χ1v) is 7.72. The van der Waals surface area contributed by atoms with E-state index in [-0.39, 0.29) is 0 Å². The highest BCUT2D eigenvalue weighted by molar-refractivity contribution is 6.48. The number of halogens is 2. The van der Waals surface area contributed by atoms with Crippen molar-refractivity contribution >= 4 is 23.2 Å².